The van der Waals surface area contributed by atoms with Crippen molar-refractivity contribution in [2.45, 2.75) is 19.4 Å². The molecule has 1 N–H and O–H groups in total. The Balaban J connectivity index is 2.21. The van der Waals surface area contributed by atoms with E-state index in [1.807, 2.05) is 6.92 Å². The molecule has 1 saturated heterocycles. The minimum Gasteiger partial charge on any atom is -0.507 e. The fourth-order valence-electron chi connectivity index (χ4n) is 4.00. The van der Waals surface area contributed by atoms with Crippen molar-refractivity contribution in [2.75, 3.05) is 41.1 Å². The number of ether oxygens (including phenoxy) is 4. The van der Waals surface area contributed by atoms with Crippen molar-refractivity contribution in [1.29, 1.82) is 0 Å². The van der Waals surface area contributed by atoms with Gasteiger partial charge in [0.1, 0.15) is 11.5 Å². The minimum atomic E-state index is -0.859. The topological polar surface area (TPSA) is 94.5 Å². The Labute approximate surface area is 193 Å². The molecule has 1 atom stereocenters. The van der Waals surface area contributed by atoms with Crippen LogP contribution in [-0.2, 0) is 14.3 Å². The molecule has 1 heterocycles. The lowest BCUT2D eigenvalue weighted by atomic mass is 9.94. The smallest absolute Gasteiger partial charge is 0.295 e. The van der Waals surface area contributed by atoms with E-state index in [0.29, 0.717) is 48.0 Å². The van der Waals surface area contributed by atoms with Crippen molar-refractivity contribution in [3.05, 3.63) is 59.2 Å². The predicted octanol–water partition coefficient (Wildman–Crippen LogP) is 3.56. The van der Waals surface area contributed by atoms with Gasteiger partial charge in [-0.1, -0.05) is 24.3 Å². The summed E-state index contributed by atoms with van der Waals surface area (Å²) in [7, 11) is 4.57. The summed E-state index contributed by atoms with van der Waals surface area (Å²) in [6.07, 6.45) is 0.520. The average molecular weight is 456 g/mol. The Kier molecular flexibility index (Phi) is 7.95. The number of benzene rings is 2. The summed E-state index contributed by atoms with van der Waals surface area (Å²) < 4.78 is 21.7. The minimum absolute atomic E-state index is 0.0161. The highest BCUT2D eigenvalue weighted by molar-refractivity contribution is 6.46. The Hall–Kier alpha value is -3.52. The Morgan fingerprint density at radius 3 is 2.48 bits per heavy atom. The number of ketones is 1. The van der Waals surface area contributed by atoms with E-state index in [-0.39, 0.29) is 17.9 Å². The number of para-hydroxylation sites is 1. The maximum Gasteiger partial charge on any atom is 0.295 e. The van der Waals surface area contributed by atoms with Crippen LogP contribution in [0.2, 0.25) is 0 Å². The highest BCUT2D eigenvalue weighted by Gasteiger charge is 2.47. The quantitative estimate of drug-likeness (QED) is 0.253. The largest absolute Gasteiger partial charge is 0.507 e. The van der Waals surface area contributed by atoms with Crippen molar-refractivity contribution < 1.29 is 33.6 Å². The van der Waals surface area contributed by atoms with Crippen LogP contribution < -0.4 is 14.2 Å². The molecular formula is C25H29NO7. The Morgan fingerprint density at radius 2 is 1.82 bits per heavy atom. The number of hydrogen-bond acceptors (Lipinski definition) is 7. The molecule has 0 radical (unpaired) electrons. The molecule has 2 aromatic rings. The van der Waals surface area contributed by atoms with Gasteiger partial charge in [0.05, 0.1) is 32.4 Å². The van der Waals surface area contributed by atoms with Crippen molar-refractivity contribution in [2.24, 2.45) is 0 Å². The number of carbonyl (C=O) groups excluding carboxylic acids is 2. The number of rotatable bonds is 10. The first-order valence-electron chi connectivity index (χ1n) is 10.7. The van der Waals surface area contributed by atoms with E-state index < -0.39 is 17.7 Å². The van der Waals surface area contributed by atoms with Gasteiger partial charge >= 0.3 is 0 Å². The highest BCUT2D eigenvalue weighted by atomic mass is 16.5. The van der Waals surface area contributed by atoms with E-state index in [2.05, 4.69) is 0 Å². The summed E-state index contributed by atoms with van der Waals surface area (Å²) in [6, 6.07) is 11.1. The Bertz CT molecular complexity index is 1050. The second kappa shape index (κ2) is 10.9. The fourth-order valence-corrected chi connectivity index (χ4v) is 4.00. The lowest BCUT2D eigenvalue weighted by molar-refractivity contribution is -0.140. The van der Waals surface area contributed by atoms with Crippen LogP contribution in [-0.4, -0.2) is 62.8 Å². The standard InChI is InChI=1S/C25H29NO7/c1-5-33-17-10-6-9-16(15-17)22(27)20-21(18-11-7-12-19(31-3)24(18)32-4)26(13-8-14-30-2)25(29)23(20)28/h6-7,9-12,15,21,27H,5,8,13-14H2,1-4H3/b22-20+. The maximum atomic E-state index is 13.2. The molecule has 1 aliphatic heterocycles. The van der Waals surface area contributed by atoms with Gasteiger partial charge in [0.15, 0.2) is 11.5 Å². The van der Waals surface area contributed by atoms with Crippen LogP contribution in [0.25, 0.3) is 5.76 Å². The second-order valence-electron chi connectivity index (χ2n) is 7.38. The normalized spacial score (nSPS) is 17.3. The molecule has 1 aliphatic rings. The number of aliphatic hydroxyl groups excluding tert-OH is 1. The summed E-state index contributed by atoms with van der Waals surface area (Å²) in [5, 5.41) is 11.2. The third-order valence-corrected chi connectivity index (χ3v) is 5.43. The summed E-state index contributed by atoms with van der Waals surface area (Å²) in [5.41, 5.74) is 0.899. The van der Waals surface area contributed by atoms with Gasteiger partial charge in [-0.3, -0.25) is 9.59 Å². The third-order valence-electron chi connectivity index (χ3n) is 5.43. The summed E-state index contributed by atoms with van der Waals surface area (Å²) in [5.74, 6) is -0.344. The molecule has 176 valence electrons. The summed E-state index contributed by atoms with van der Waals surface area (Å²) in [4.78, 5) is 27.7. The first kappa shape index (κ1) is 24.1. The van der Waals surface area contributed by atoms with E-state index in [9.17, 15) is 14.7 Å². The number of hydrogen-bond donors (Lipinski definition) is 1. The maximum absolute atomic E-state index is 13.2. The molecule has 1 fully saturated rings. The predicted molar refractivity (Wildman–Crippen MR) is 123 cm³/mol. The van der Waals surface area contributed by atoms with E-state index in [1.54, 1.807) is 49.6 Å². The summed E-state index contributed by atoms with van der Waals surface area (Å²) in [6.45, 7) is 2.99. The average Bonchev–Trinajstić information content (AvgIpc) is 3.08. The van der Waals surface area contributed by atoms with Crippen molar-refractivity contribution in [1.82, 2.24) is 4.90 Å². The summed E-state index contributed by atoms with van der Waals surface area (Å²) >= 11 is 0. The van der Waals surface area contributed by atoms with E-state index in [0.717, 1.165) is 0 Å². The van der Waals surface area contributed by atoms with Gasteiger partial charge in [0.2, 0.25) is 0 Å². The van der Waals surface area contributed by atoms with Gasteiger partial charge in [-0.15, -0.1) is 0 Å². The number of nitrogens with zero attached hydrogens (tertiary/aromatic N) is 1. The molecular weight excluding hydrogens is 426 g/mol. The highest BCUT2D eigenvalue weighted by Crippen LogP contribution is 2.45. The monoisotopic (exact) mass is 455 g/mol. The zero-order chi connectivity index (χ0) is 24.0. The zero-order valence-corrected chi connectivity index (χ0v) is 19.3. The molecule has 33 heavy (non-hydrogen) atoms. The molecule has 8 nitrogen and oxygen atoms in total. The lowest BCUT2D eigenvalue weighted by Gasteiger charge is -2.27. The van der Waals surface area contributed by atoms with Crippen LogP contribution in [0.1, 0.15) is 30.5 Å². The molecule has 0 saturated carbocycles. The SMILES string of the molecule is CCOc1cccc(/C(O)=C2\C(=O)C(=O)N(CCCOC)C2c2cccc(OC)c2OC)c1. The molecule has 0 aromatic heterocycles. The van der Waals surface area contributed by atoms with E-state index >= 15 is 0 Å². The van der Waals surface area contributed by atoms with Crippen LogP contribution in [0.5, 0.6) is 17.2 Å². The number of likely N-dealkylation sites (tertiary alicyclic amines) is 1. The molecule has 8 heteroatoms. The van der Waals surface area contributed by atoms with Crippen LogP contribution in [0, 0.1) is 0 Å². The zero-order valence-electron chi connectivity index (χ0n) is 19.3. The van der Waals surface area contributed by atoms with Crippen LogP contribution in [0.15, 0.2) is 48.0 Å². The van der Waals surface area contributed by atoms with Crippen LogP contribution in [0.4, 0.5) is 0 Å². The van der Waals surface area contributed by atoms with Crippen LogP contribution in [0.3, 0.4) is 0 Å². The molecule has 0 aliphatic carbocycles. The van der Waals surface area contributed by atoms with E-state index in [4.69, 9.17) is 18.9 Å². The Morgan fingerprint density at radius 1 is 1.06 bits per heavy atom. The van der Waals surface area contributed by atoms with Gasteiger partial charge in [-0.2, -0.15) is 0 Å². The number of aliphatic hydroxyl groups is 1. The van der Waals surface area contributed by atoms with Crippen molar-refractivity contribution in [3.8, 4) is 17.2 Å². The molecule has 3 rings (SSSR count). The molecule has 0 spiro atoms. The molecule has 2 aromatic carbocycles. The molecule has 1 amide bonds. The van der Waals surface area contributed by atoms with Gasteiger partial charge in [-0.25, -0.2) is 0 Å². The number of Topliss-reactive ketones (excluding diaryl/α,β-unsaturated/α-hetero) is 1. The molecule has 0 bridgehead atoms. The molecule has 1 unspecified atom stereocenters. The second-order valence-corrected chi connectivity index (χ2v) is 7.38. The van der Waals surface area contributed by atoms with Crippen molar-refractivity contribution in [3.63, 3.8) is 0 Å². The van der Waals surface area contributed by atoms with Gasteiger partial charge in [0.25, 0.3) is 11.7 Å². The van der Waals surface area contributed by atoms with E-state index in [1.165, 1.54) is 19.1 Å². The van der Waals surface area contributed by atoms with Crippen LogP contribution >= 0.6 is 0 Å². The first-order chi connectivity index (χ1) is 16.0. The fraction of sp³-hybridized carbons (Fsp3) is 0.360. The number of methoxy groups -OCH3 is 3. The van der Waals surface area contributed by atoms with Gasteiger partial charge in [-0.05, 0) is 31.5 Å². The van der Waals surface area contributed by atoms with Gasteiger partial charge < -0.3 is 29.0 Å². The van der Waals surface area contributed by atoms with Crippen molar-refractivity contribution >= 4 is 17.4 Å². The number of amides is 1. The first-order valence-corrected chi connectivity index (χ1v) is 10.7. The third kappa shape index (κ3) is 4.80. The van der Waals surface area contributed by atoms with Gasteiger partial charge in [0, 0.05) is 31.4 Å². The lowest BCUT2D eigenvalue weighted by Crippen LogP contribution is -2.31. The number of carbonyl (C=O) groups is 2.